The quantitative estimate of drug-likeness (QED) is 0.611. The number of methoxy groups -OCH3 is 1. The third kappa shape index (κ3) is 5.24. The fraction of sp³-hybridized carbons (Fsp3) is 0.435. The molecule has 4 rings (SSSR count). The van der Waals surface area contributed by atoms with Gasteiger partial charge in [-0.1, -0.05) is 29.3 Å². The van der Waals surface area contributed by atoms with E-state index < -0.39 is 10.0 Å². The van der Waals surface area contributed by atoms with Crippen molar-refractivity contribution in [1.29, 1.82) is 0 Å². The molecule has 2 aliphatic heterocycles. The second-order valence-electron chi connectivity index (χ2n) is 8.29. The summed E-state index contributed by atoms with van der Waals surface area (Å²) in [5, 5.41) is 0.924. The molecule has 2 saturated heterocycles. The number of amides is 1. The lowest BCUT2D eigenvalue weighted by Gasteiger charge is -2.39. The lowest BCUT2D eigenvalue weighted by molar-refractivity contribution is -0.137. The van der Waals surface area contributed by atoms with E-state index in [1.54, 1.807) is 6.07 Å². The van der Waals surface area contributed by atoms with E-state index in [4.69, 9.17) is 27.9 Å². The number of nitrogens with zero attached hydrogens (tertiary/aromatic N) is 3. The maximum atomic E-state index is 13.2. The smallest absolute Gasteiger partial charge is 0.243 e. The van der Waals surface area contributed by atoms with Gasteiger partial charge >= 0.3 is 0 Å². The average Bonchev–Trinajstić information content (AvgIpc) is 2.83. The van der Waals surface area contributed by atoms with Crippen LogP contribution >= 0.6 is 23.2 Å². The molecule has 2 aliphatic rings. The van der Waals surface area contributed by atoms with Crippen molar-refractivity contribution in [2.24, 2.45) is 5.92 Å². The number of rotatable bonds is 5. The maximum Gasteiger partial charge on any atom is 0.243 e. The first-order valence-corrected chi connectivity index (χ1v) is 13.1. The first-order valence-electron chi connectivity index (χ1n) is 10.9. The molecular weight excluding hydrogens is 485 g/mol. The van der Waals surface area contributed by atoms with Crippen molar-refractivity contribution in [3.8, 4) is 5.75 Å². The summed E-state index contributed by atoms with van der Waals surface area (Å²) in [6, 6.07) is 12.1. The molecule has 0 spiro atoms. The molecule has 7 nitrogen and oxygen atoms in total. The van der Waals surface area contributed by atoms with Crippen molar-refractivity contribution in [3.05, 3.63) is 52.5 Å². The monoisotopic (exact) mass is 511 g/mol. The second kappa shape index (κ2) is 10.1. The molecule has 0 bridgehead atoms. The molecule has 0 saturated carbocycles. The lowest BCUT2D eigenvalue weighted by Crippen LogP contribution is -2.53. The van der Waals surface area contributed by atoms with Gasteiger partial charge in [-0.05, 0) is 49.2 Å². The molecule has 0 N–H and O–H groups in total. The van der Waals surface area contributed by atoms with Crippen LogP contribution in [0.2, 0.25) is 10.0 Å². The Bertz CT molecular complexity index is 1120. The van der Waals surface area contributed by atoms with Crippen LogP contribution in [0, 0.1) is 5.92 Å². The summed E-state index contributed by atoms with van der Waals surface area (Å²) in [5.41, 5.74) is 1.04. The van der Waals surface area contributed by atoms with Gasteiger partial charge < -0.3 is 14.5 Å². The zero-order valence-electron chi connectivity index (χ0n) is 18.4. The number of carbonyl (C=O) groups excluding carboxylic acids is 1. The van der Waals surface area contributed by atoms with E-state index >= 15 is 0 Å². The molecule has 1 amide bonds. The molecule has 33 heavy (non-hydrogen) atoms. The highest BCUT2D eigenvalue weighted by Gasteiger charge is 2.36. The predicted octanol–water partition coefficient (Wildman–Crippen LogP) is 3.75. The van der Waals surface area contributed by atoms with Crippen LogP contribution in [0.3, 0.4) is 0 Å². The van der Waals surface area contributed by atoms with Crippen molar-refractivity contribution in [3.63, 3.8) is 0 Å². The van der Waals surface area contributed by atoms with E-state index in [0.717, 1.165) is 5.69 Å². The highest BCUT2D eigenvalue weighted by atomic mass is 35.5. The van der Waals surface area contributed by atoms with Gasteiger partial charge in [0.05, 0.1) is 22.9 Å². The van der Waals surface area contributed by atoms with Crippen LogP contribution in [-0.4, -0.2) is 69.9 Å². The zero-order valence-corrected chi connectivity index (χ0v) is 20.7. The van der Waals surface area contributed by atoms with Crippen LogP contribution in [0.5, 0.6) is 5.75 Å². The molecule has 0 radical (unpaired) electrons. The third-order valence-corrected chi connectivity index (χ3v) is 8.65. The summed E-state index contributed by atoms with van der Waals surface area (Å²) in [4.78, 5) is 17.4. The van der Waals surface area contributed by atoms with E-state index in [9.17, 15) is 13.2 Å². The molecule has 2 aromatic carbocycles. The SMILES string of the molecule is COc1ccc(S(=O)(=O)N2CCC[C@@H](C(=O)N3CCN(c4cccc(Cl)c4)CC3)C2)cc1Cl. The van der Waals surface area contributed by atoms with Crippen molar-refractivity contribution in [2.75, 3.05) is 51.3 Å². The molecule has 0 aliphatic carbocycles. The summed E-state index contributed by atoms with van der Waals surface area (Å²) in [6.07, 6.45) is 1.32. The van der Waals surface area contributed by atoms with Crippen LogP contribution in [0.15, 0.2) is 47.4 Å². The Morgan fingerprint density at radius 3 is 2.45 bits per heavy atom. The van der Waals surface area contributed by atoms with Crippen molar-refractivity contribution in [2.45, 2.75) is 17.7 Å². The van der Waals surface area contributed by atoms with E-state index in [2.05, 4.69) is 4.90 Å². The zero-order chi connectivity index (χ0) is 23.6. The minimum Gasteiger partial charge on any atom is -0.495 e. The Hall–Kier alpha value is -2.00. The number of benzene rings is 2. The molecule has 2 aromatic rings. The van der Waals surface area contributed by atoms with Gasteiger partial charge in [0.1, 0.15) is 5.75 Å². The lowest BCUT2D eigenvalue weighted by atomic mass is 9.97. The standard InChI is InChI=1S/C23H27Cl2N3O4S/c1-32-22-8-7-20(15-21(22)25)33(30,31)28-9-3-4-17(16-28)23(29)27-12-10-26(11-13-27)19-6-2-5-18(24)14-19/h2,5-8,14-15,17H,3-4,9-13,16H2,1H3/t17-/m1/s1. The number of ether oxygens (including phenoxy) is 1. The molecule has 0 aromatic heterocycles. The Morgan fingerprint density at radius 2 is 1.79 bits per heavy atom. The highest BCUT2D eigenvalue weighted by molar-refractivity contribution is 7.89. The van der Waals surface area contributed by atoms with E-state index in [0.29, 0.717) is 56.3 Å². The summed E-state index contributed by atoms with van der Waals surface area (Å²) in [7, 11) is -2.28. The van der Waals surface area contributed by atoms with Crippen molar-refractivity contribution >= 4 is 44.8 Å². The van der Waals surface area contributed by atoms with Gasteiger partial charge in [0.15, 0.2) is 0 Å². The number of hydrogen-bond donors (Lipinski definition) is 0. The number of sulfonamides is 1. The first-order chi connectivity index (χ1) is 15.8. The van der Waals surface area contributed by atoms with Gasteiger partial charge in [-0.3, -0.25) is 4.79 Å². The normalized spacial score (nSPS) is 20.0. The molecule has 2 heterocycles. The number of hydrogen-bond acceptors (Lipinski definition) is 5. The second-order valence-corrected chi connectivity index (χ2v) is 11.1. The summed E-state index contributed by atoms with van der Waals surface area (Å²) in [5.74, 6) is 0.0904. The van der Waals surface area contributed by atoms with Gasteiger partial charge in [0, 0.05) is 50.0 Å². The number of piperidine rings is 1. The van der Waals surface area contributed by atoms with Crippen molar-refractivity contribution in [1.82, 2.24) is 9.21 Å². The average molecular weight is 512 g/mol. The Labute approximate surface area is 204 Å². The Kier molecular flexibility index (Phi) is 7.38. The van der Waals surface area contributed by atoms with E-state index in [-0.39, 0.29) is 28.3 Å². The number of piperazine rings is 1. The van der Waals surface area contributed by atoms with Crippen LogP contribution in [0.25, 0.3) is 0 Å². The maximum absolute atomic E-state index is 13.2. The van der Waals surface area contributed by atoms with E-state index in [1.165, 1.54) is 23.5 Å². The number of anilines is 1. The molecule has 1 atom stereocenters. The molecule has 10 heteroatoms. The largest absolute Gasteiger partial charge is 0.495 e. The fourth-order valence-electron chi connectivity index (χ4n) is 4.43. The fourth-order valence-corrected chi connectivity index (χ4v) is 6.49. The van der Waals surface area contributed by atoms with Gasteiger partial charge in [-0.15, -0.1) is 0 Å². The third-order valence-electron chi connectivity index (χ3n) is 6.26. The van der Waals surface area contributed by atoms with Crippen LogP contribution in [0.4, 0.5) is 5.69 Å². The summed E-state index contributed by atoms with van der Waals surface area (Å²) in [6.45, 7) is 3.19. The number of halogens is 2. The van der Waals surface area contributed by atoms with Crippen LogP contribution < -0.4 is 9.64 Å². The summed E-state index contributed by atoms with van der Waals surface area (Å²) >= 11 is 12.2. The van der Waals surface area contributed by atoms with Gasteiger partial charge in [-0.25, -0.2) is 8.42 Å². The molecule has 178 valence electrons. The molecular formula is C23H27Cl2N3O4S. The first kappa shape index (κ1) is 24.1. The minimum atomic E-state index is -3.75. The van der Waals surface area contributed by atoms with E-state index in [1.807, 2.05) is 29.2 Å². The predicted molar refractivity (Wildman–Crippen MR) is 130 cm³/mol. The minimum absolute atomic E-state index is 0.0217. The molecule has 0 unspecified atom stereocenters. The van der Waals surface area contributed by atoms with Gasteiger partial charge in [0.2, 0.25) is 15.9 Å². The van der Waals surface area contributed by atoms with Crippen LogP contribution in [-0.2, 0) is 14.8 Å². The van der Waals surface area contributed by atoms with Gasteiger partial charge in [-0.2, -0.15) is 4.31 Å². The van der Waals surface area contributed by atoms with Crippen molar-refractivity contribution < 1.29 is 17.9 Å². The molecule has 2 fully saturated rings. The van der Waals surface area contributed by atoms with Crippen LogP contribution in [0.1, 0.15) is 12.8 Å². The Morgan fingerprint density at radius 1 is 1.03 bits per heavy atom. The highest BCUT2D eigenvalue weighted by Crippen LogP contribution is 2.31. The topological polar surface area (TPSA) is 70.2 Å². The number of carbonyl (C=O) groups is 1. The van der Waals surface area contributed by atoms with Gasteiger partial charge in [0.25, 0.3) is 0 Å². The Balaban J connectivity index is 1.40. The summed E-state index contributed by atoms with van der Waals surface area (Å²) < 4.78 is 32.9.